The molecule has 1 aromatic heterocycles. The Kier molecular flexibility index (Phi) is 2.57. The van der Waals surface area contributed by atoms with Crippen molar-refractivity contribution in [2.24, 2.45) is 0 Å². The van der Waals surface area contributed by atoms with Crippen LogP contribution in [0.5, 0.6) is 0 Å². The molecular weight excluding hydrogens is 327 g/mol. The molecule has 0 atom stereocenters. The Morgan fingerprint density at radius 2 is 2.00 bits per heavy atom. The summed E-state index contributed by atoms with van der Waals surface area (Å²) in [7, 11) is 0. The third kappa shape index (κ3) is 1.58. The summed E-state index contributed by atoms with van der Waals surface area (Å²) in [5.74, 6) is -1.82. The van der Waals surface area contributed by atoms with Gasteiger partial charge >= 0.3 is 6.55 Å². The van der Waals surface area contributed by atoms with Crippen LogP contribution in [0.2, 0.25) is 0 Å². The van der Waals surface area contributed by atoms with Crippen LogP contribution in [0.25, 0.3) is 11.0 Å². The van der Waals surface area contributed by atoms with Gasteiger partial charge in [-0.1, -0.05) is 0 Å². The highest BCUT2D eigenvalue weighted by atomic mass is 127. The van der Waals surface area contributed by atoms with Gasteiger partial charge in [-0.2, -0.15) is 8.78 Å². The molecule has 2 rings (SSSR count). The van der Waals surface area contributed by atoms with Crippen LogP contribution < -0.4 is 0 Å². The molecule has 1 aromatic carbocycles. The number of hydrogen-bond acceptors (Lipinski definition) is 1. The van der Waals surface area contributed by atoms with Crippen molar-refractivity contribution >= 4 is 33.6 Å². The van der Waals surface area contributed by atoms with Crippen LogP contribution in [-0.2, 0) is 0 Å². The van der Waals surface area contributed by atoms with Gasteiger partial charge in [0.2, 0.25) is 0 Å². The summed E-state index contributed by atoms with van der Waals surface area (Å²) in [5.41, 5.74) is -0.499. The highest BCUT2D eigenvalue weighted by Gasteiger charge is 2.19. The molecule has 0 spiro atoms. The highest BCUT2D eigenvalue weighted by molar-refractivity contribution is 14.1. The van der Waals surface area contributed by atoms with E-state index < -0.39 is 18.2 Å². The molecule has 0 radical (unpaired) electrons. The van der Waals surface area contributed by atoms with Gasteiger partial charge in [0.25, 0.3) is 0 Å². The molecule has 0 unspecified atom stereocenters. The zero-order valence-electron chi connectivity index (χ0n) is 7.02. The van der Waals surface area contributed by atoms with Crippen LogP contribution in [0, 0.1) is 15.2 Å². The zero-order valence-corrected chi connectivity index (χ0v) is 9.17. The van der Waals surface area contributed by atoms with Crippen LogP contribution >= 0.6 is 22.6 Å². The summed E-state index contributed by atoms with van der Waals surface area (Å²) in [4.78, 5) is 3.50. The number of benzene rings is 1. The Morgan fingerprint density at radius 3 is 2.60 bits per heavy atom. The number of fused-ring (bicyclic) bond motifs is 1. The standard InChI is InChI=1S/C8H3F4IN2/c9-3-1-4-7(5(10)6(3)13)15(2-14-4)8(11)12/h1-2,8H. The number of nitrogens with zero attached hydrogens (tertiary/aromatic N) is 2. The zero-order chi connectivity index (χ0) is 11.2. The SMILES string of the molecule is Fc1cc2ncn(C(F)F)c2c(F)c1I. The molecule has 0 bridgehead atoms. The van der Waals surface area contributed by atoms with E-state index in [0.717, 1.165) is 12.4 Å². The second kappa shape index (κ2) is 3.62. The largest absolute Gasteiger partial charge is 0.320 e. The monoisotopic (exact) mass is 330 g/mol. The summed E-state index contributed by atoms with van der Waals surface area (Å²) >= 11 is 1.42. The van der Waals surface area contributed by atoms with Gasteiger partial charge in [0.05, 0.1) is 9.09 Å². The van der Waals surface area contributed by atoms with Crippen LogP contribution in [0.3, 0.4) is 0 Å². The first kappa shape index (κ1) is 10.7. The van der Waals surface area contributed by atoms with Gasteiger partial charge < -0.3 is 0 Å². The molecule has 7 heteroatoms. The summed E-state index contributed by atoms with van der Waals surface area (Å²) in [6.07, 6.45) is 0.786. The lowest BCUT2D eigenvalue weighted by Gasteiger charge is -2.04. The molecule has 0 fully saturated rings. The smallest absolute Gasteiger partial charge is 0.270 e. The summed E-state index contributed by atoms with van der Waals surface area (Å²) in [6.45, 7) is -2.90. The third-order valence-electron chi connectivity index (χ3n) is 1.91. The lowest BCUT2D eigenvalue weighted by Crippen LogP contribution is -1.99. The highest BCUT2D eigenvalue weighted by Crippen LogP contribution is 2.27. The fraction of sp³-hybridized carbons (Fsp3) is 0.125. The lowest BCUT2D eigenvalue weighted by atomic mass is 10.3. The first-order valence-electron chi connectivity index (χ1n) is 3.80. The lowest BCUT2D eigenvalue weighted by molar-refractivity contribution is 0.0740. The van der Waals surface area contributed by atoms with Crippen LogP contribution in [0.1, 0.15) is 6.55 Å². The number of aromatic nitrogens is 2. The van der Waals surface area contributed by atoms with Gasteiger partial charge in [0, 0.05) is 6.07 Å². The van der Waals surface area contributed by atoms with Gasteiger partial charge in [0.1, 0.15) is 17.7 Å². The van der Waals surface area contributed by atoms with E-state index in [4.69, 9.17) is 0 Å². The normalized spacial score (nSPS) is 11.6. The molecule has 0 aliphatic heterocycles. The number of hydrogen-bond donors (Lipinski definition) is 0. The van der Waals surface area contributed by atoms with E-state index in [0.29, 0.717) is 4.57 Å². The molecule has 2 nitrogen and oxygen atoms in total. The molecule has 2 aromatic rings. The average Bonchev–Trinajstić information content (AvgIpc) is 2.58. The fourth-order valence-electron chi connectivity index (χ4n) is 1.25. The van der Waals surface area contributed by atoms with E-state index in [1.165, 1.54) is 22.6 Å². The summed E-state index contributed by atoms with van der Waals surface area (Å²) in [6, 6.07) is 0.930. The number of rotatable bonds is 1. The van der Waals surface area contributed by atoms with E-state index in [2.05, 4.69) is 4.98 Å². The first-order chi connectivity index (χ1) is 7.02. The molecule has 1 heterocycles. The maximum atomic E-state index is 13.5. The van der Waals surface area contributed by atoms with Crippen molar-refractivity contribution < 1.29 is 17.6 Å². The van der Waals surface area contributed by atoms with E-state index in [1.54, 1.807) is 0 Å². The van der Waals surface area contributed by atoms with Crippen molar-refractivity contribution in [3.05, 3.63) is 27.6 Å². The summed E-state index contributed by atoms with van der Waals surface area (Å²) in [5, 5.41) is 0. The minimum absolute atomic E-state index is 0.120. The van der Waals surface area contributed by atoms with Crippen LogP contribution in [-0.4, -0.2) is 9.55 Å². The average molecular weight is 330 g/mol. The molecule has 80 valence electrons. The predicted octanol–water partition coefficient (Wildman–Crippen LogP) is 3.31. The van der Waals surface area contributed by atoms with Crippen molar-refractivity contribution in [2.45, 2.75) is 6.55 Å². The number of imidazole rings is 1. The maximum absolute atomic E-state index is 13.5. The van der Waals surface area contributed by atoms with Gasteiger partial charge in [-0.05, 0) is 22.6 Å². The predicted molar refractivity (Wildman–Crippen MR) is 53.6 cm³/mol. The van der Waals surface area contributed by atoms with Crippen molar-refractivity contribution in [3.63, 3.8) is 0 Å². The quantitative estimate of drug-likeness (QED) is 0.446. The van der Waals surface area contributed by atoms with E-state index in [9.17, 15) is 17.6 Å². The number of alkyl halides is 2. The Bertz CT molecular complexity index is 523. The molecule has 0 N–H and O–H groups in total. The van der Waals surface area contributed by atoms with Crippen molar-refractivity contribution in [2.75, 3.05) is 0 Å². The summed E-state index contributed by atoms with van der Waals surface area (Å²) < 4.78 is 51.4. The van der Waals surface area contributed by atoms with Crippen LogP contribution in [0.15, 0.2) is 12.4 Å². The molecule has 0 amide bonds. The first-order valence-corrected chi connectivity index (χ1v) is 4.88. The molecule has 0 saturated carbocycles. The second-order valence-corrected chi connectivity index (χ2v) is 3.86. The van der Waals surface area contributed by atoms with Gasteiger partial charge in [-0.3, -0.25) is 4.57 Å². The molecule has 0 saturated heterocycles. The Hall–Kier alpha value is -0.860. The van der Waals surface area contributed by atoms with Gasteiger partial charge in [0.15, 0.2) is 5.82 Å². The molecule has 0 aliphatic rings. The van der Waals surface area contributed by atoms with E-state index >= 15 is 0 Å². The van der Waals surface area contributed by atoms with Crippen molar-refractivity contribution in [3.8, 4) is 0 Å². The second-order valence-electron chi connectivity index (χ2n) is 2.78. The minimum Gasteiger partial charge on any atom is -0.270 e. The Morgan fingerprint density at radius 1 is 1.33 bits per heavy atom. The van der Waals surface area contributed by atoms with Gasteiger partial charge in [-0.25, -0.2) is 13.8 Å². The topological polar surface area (TPSA) is 17.8 Å². The Balaban J connectivity index is 2.85. The Labute approximate surface area is 95.0 Å². The molecule has 0 aliphatic carbocycles. The molecular formula is C8H3F4IN2. The number of halogens is 5. The van der Waals surface area contributed by atoms with Gasteiger partial charge in [-0.15, -0.1) is 0 Å². The maximum Gasteiger partial charge on any atom is 0.320 e. The van der Waals surface area contributed by atoms with Crippen LogP contribution in [0.4, 0.5) is 17.6 Å². The van der Waals surface area contributed by atoms with E-state index in [1.807, 2.05) is 0 Å². The van der Waals surface area contributed by atoms with E-state index in [-0.39, 0.29) is 14.6 Å². The fourth-order valence-corrected chi connectivity index (χ4v) is 1.66. The molecule has 15 heavy (non-hydrogen) atoms. The van der Waals surface area contributed by atoms with Crippen molar-refractivity contribution in [1.29, 1.82) is 0 Å². The minimum atomic E-state index is -2.90. The third-order valence-corrected chi connectivity index (χ3v) is 2.89. The van der Waals surface area contributed by atoms with Crippen molar-refractivity contribution in [1.82, 2.24) is 9.55 Å².